The number of unbranched alkanes of at least 4 members (excludes halogenated alkanes) is 35. The second-order valence-corrected chi connectivity index (χ2v) is 30.9. The van der Waals surface area contributed by atoms with Gasteiger partial charge in [0.2, 0.25) is 0 Å². The van der Waals surface area contributed by atoms with Crippen LogP contribution in [0.25, 0.3) is 0 Å². The third-order valence-corrected chi connectivity index (χ3v) is 19.1. The number of ether oxygens (including phenoxy) is 4. The minimum absolute atomic E-state index is 0.104. The molecule has 0 amide bonds. The molecule has 3 unspecified atom stereocenters. The monoisotopic (exact) mass is 1350 g/mol. The lowest BCUT2D eigenvalue weighted by atomic mass is 10.00. The zero-order valence-corrected chi connectivity index (χ0v) is 62.0. The van der Waals surface area contributed by atoms with Crippen LogP contribution in [0.1, 0.15) is 364 Å². The number of hydrogen-bond acceptors (Lipinski definition) is 15. The molecule has 17 nitrogen and oxygen atoms in total. The Morgan fingerprint density at radius 2 is 0.522 bits per heavy atom. The van der Waals surface area contributed by atoms with Crippen molar-refractivity contribution in [2.45, 2.75) is 382 Å². The molecule has 19 heteroatoms. The van der Waals surface area contributed by atoms with Gasteiger partial charge in [0.15, 0.2) is 12.2 Å². The number of rotatable bonds is 70. The Bertz CT molecular complexity index is 1820. The molecular weight excluding hydrogens is 1210 g/mol. The summed E-state index contributed by atoms with van der Waals surface area (Å²) in [6.07, 6.45) is 45.9. The summed E-state index contributed by atoms with van der Waals surface area (Å²) in [6.45, 7) is 14.1. The van der Waals surface area contributed by atoms with Gasteiger partial charge < -0.3 is 33.8 Å². The van der Waals surface area contributed by atoms with Gasteiger partial charge in [-0.3, -0.25) is 37.3 Å². The molecule has 0 aliphatic rings. The van der Waals surface area contributed by atoms with Crippen LogP contribution < -0.4 is 0 Å². The van der Waals surface area contributed by atoms with Crippen molar-refractivity contribution in [3.05, 3.63) is 0 Å². The number of hydrogen-bond donors (Lipinski definition) is 3. The van der Waals surface area contributed by atoms with Gasteiger partial charge in [0.1, 0.15) is 19.3 Å². The van der Waals surface area contributed by atoms with E-state index in [2.05, 4.69) is 55.4 Å². The van der Waals surface area contributed by atoms with Crippen LogP contribution in [0.4, 0.5) is 0 Å². The summed E-state index contributed by atoms with van der Waals surface area (Å²) >= 11 is 0. The normalized spacial score (nSPS) is 14.5. The van der Waals surface area contributed by atoms with Gasteiger partial charge in [0.05, 0.1) is 26.4 Å². The van der Waals surface area contributed by atoms with Crippen LogP contribution in [0, 0.1) is 23.7 Å². The summed E-state index contributed by atoms with van der Waals surface area (Å²) in [7, 11) is -9.91. The topological polar surface area (TPSA) is 237 Å². The highest BCUT2D eigenvalue weighted by Gasteiger charge is 2.30. The number of phosphoric acid groups is 2. The zero-order chi connectivity index (χ0) is 68.2. The highest BCUT2D eigenvalue weighted by molar-refractivity contribution is 7.47. The van der Waals surface area contributed by atoms with Crippen molar-refractivity contribution in [1.82, 2.24) is 0 Å². The Morgan fingerprint density at radius 3 is 0.772 bits per heavy atom. The molecule has 0 saturated carbocycles. The van der Waals surface area contributed by atoms with Crippen LogP contribution in [0.3, 0.4) is 0 Å². The second-order valence-electron chi connectivity index (χ2n) is 28.0. The van der Waals surface area contributed by atoms with Crippen molar-refractivity contribution in [3.8, 4) is 0 Å². The molecule has 6 atom stereocenters. The standard InChI is InChI=1S/C73H142O17P2/c1-9-66(8)52-44-36-31-32-38-46-54-71(76)84-60-69(89-72(77)55-47-39-29-22-18-17-20-26-34-42-50-64(4)5)62-88-92(81,82)86-58-67(74)57-85-91(79,80)87-61-68(90-73(78)56-48-40-30-24-23-27-35-43-51-65(6)7)59-83-70(75)53-45-37-28-21-16-14-12-10-11-13-15-19-25-33-41-49-63(2)3/h63-69,74H,9-62H2,1-8H3,(H,79,80)(H,81,82)/t66?,67-,68-,69-/m1/s1. The second kappa shape index (κ2) is 62.6. The molecule has 0 radical (unpaired) electrons. The zero-order valence-electron chi connectivity index (χ0n) is 60.2. The number of aliphatic hydroxyl groups is 1. The van der Waals surface area contributed by atoms with Gasteiger partial charge in [-0.05, 0) is 49.4 Å². The summed E-state index contributed by atoms with van der Waals surface area (Å²) in [4.78, 5) is 72.6. The Labute approximate surface area is 562 Å². The summed E-state index contributed by atoms with van der Waals surface area (Å²) in [6, 6.07) is 0. The molecule has 0 heterocycles. The smallest absolute Gasteiger partial charge is 0.462 e. The third-order valence-electron chi connectivity index (χ3n) is 17.2. The first-order valence-corrected chi connectivity index (χ1v) is 40.7. The van der Waals surface area contributed by atoms with Crippen molar-refractivity contribution < 1.29 is 80.2 Å². The van der Waals surface area contributed by atoms with Crippen molar-refractivity contribution in [3.63, 3.8) is 0 Å². The molecular formula is C73H142O17P2. The highest BCUT2D eigenvalue weighted by Crippen LogP contribution is 2.45. The van der Waals surface area contributed by atoms with Gasteiger partial charge in [0.25, 0.3) is 0 Å². The van der Waals surface area contributed by atoms with Crippen molar-refractivity contribution in [1.29, 1.82) is 0 Å². The minimum atomic E-state index is -4.95. The molecule has 0 aromatic heterocycles. The van der Waals surface area contributed by atoms with Crippen LogP contribution >= 0.6 is 15.6 Å². The van der Waals surface area contributed by atoms with E-state index in [0.717, 1.165) is 120 Å². The summed E-state index contributed by atoms with van der Waals surface area (Å²) < 4.78 is 68.4. The first kappa shape index (κ1) is 90.1. The van der Waals surface area contributed by atoms with Gasteiger partial charge in [-0.1, -0.05) is 312 Å². The predicted octanol–water partition coefficient (Wildman–Crippen LogP) is 20.9. The summed E-state index contributed by atoms with van der Waals surface area (Å²) in [5, 5.41) is 10.6. The minimum Gasteiger partial charge on any atom is -0.462 e. The molecule has 3 N–H and O–H groups in total. The van der Waals surface area contributed by atoms with Crippen LogP contribution in [-0.4, -0.2) is 96.7 Å². The van der Waals surface area contributed by atoms with Crippen LogP contribution in [0.5, 0.6) is 0 Å². The van der Waals surface area contributed by atoms with Gasteiger partial charge in [0, 0.05) is 25.7 Å². The molecule has 546 valence electrons. The molecule has 0 bridgehead atoms. The largest absolute Gasteiger partial charge is 0.472 e. The number of aliphatic hydroxyl groups excluding tert-OH is 1. The van der Waals surface area contributed by atoms with E-state index in [1.165, 1.54) is 161 Å². The van der Waals surface area contributed by atoms with Gasteiger partial charge in [-0.25, -0.2) is 9.13 Å². The van der Waals surface area contributed by atoms with E-state index >= 15 is 0 Å². The van der Waals surface area contributed by atoms with E-state index < -0.39 is 97.5 Å². The third kappa shape index (κ3) is 65.4. The SMILES string of the molecule is CCC(C)CCCCCCCCC(=O)OC[C@H](COP(=O)(O)OC[C@H](O)COP(=O)(O)OC[C@@H](COC(=O)CCCCCCCCCCCCCCCCCC(C)C)OC(=O)CCCCCCCCCCC(C)C)OC(=O)CCCCCCCCCCCCC(C)C. The fourth-order valence-electron chi connectivity index (χ4n) is 11.0. The maximum atomic E-state index is 13.0. The molecule has 0 aliphatic carbocycles. The number of esters is 4. The van der Waals surface area contributed by atoms with E-state index in [0.29, 0.717) is 25.7 Å². The lowest BCUT2D eigenvalue weighted by Gasteiger charge is -2.21. The Kier molecular flexibility index (Phi) is 61.3. The average Bonchev–Trinajstić information content (AvgIpc) is 2.56. The fourth-order valence-corrected chi connectivity index (χ4v) is 12.6. The molecule has 0 aromatic carbocycles. The summed E-state index contributed by atoms with van der Waals surface area (Å²) in [5.41, 5.74) is 0. The molecule has 0 saturated heterocycles. The van der Waals surface area contributed by atoms with E-state index in [1.807, 2.05) is 0 Å². The lowest BCUT2D eigenvalue weighted by Crippen LogP contribution is -2.30. The molecule has 0 aromatic rings. The van der Waals surface area contributed by atoms with E-state index in [4.69, 9.17) is 37.0 Å². The Balaban J connectivity index is 5.21. The first-order valence-electron chi connectivity index (χ1n) is 37.7. The highest BCUT2D eigenvalue weighted by atomic mass is 31.2. The molecule has 0 spiro atoms. The van der Waals surface area contributed by atoms with Crippen LogP contribution in [0.15, 0.2) is 0 Å². The molecule has 0 rings (SSSR count). The molecule has 0 aliphatic heterocycles. The van der Waals surface area contributed by atoms with E-state index in [-0.39, 0.29) is 25.7 Å². The number of carbonyl (C=O) groups excluding carboxylic acids is 4. The van der Waals surface area contributed by atoms with E-state index in [1.54, 1.807) is 0 Å². The van der Waals surface area contributed by atoms with Gasteiger partial charge in [-0.2, -0.15) is 0 Å². The van der Waals surface area contributed by atoms with Crippen molar-refractivity contribution in [2.24, 2.45) is 23.7 Å². The van der Waals surface area contributed by atoms with Gasteiger partial charge in [-0.15, -0.1) is 0 Å². The van der Waals surface area contributed by atoms with Crippen LogP contribution in [0.2, 0.25) is 0 Å². The fraction of sp³-hybridized carbons (Fsp3) is 0.945. The molecule has 0 fully saturated rings. The average molecular weight is 1350 g/mol. The Morgan fingerprint density at radius 1 is 0.304 bits per heavy atom. The Hall–Kier alpha value is -1.94. The van der Waals surface area contributed by atoms with E-state index in [9.17, 15) is 43.2 Å². The molecule has 92 heavy (non-hydrogen) atoms. The summed E-state index contributed by atoms with van der Waals surface area (Å²) in [5.74, 6) is 0.880. The first-order chi connectivity index (χ1) is 44.1. The quantitative estimate of drug-likeness (QED) is 0.0222. The predicted molar refractivity (Wildman–Crippen MR) is 372 cm³/mol. The van der Waals surface area contributed by atoms with Gasteiger partial charge >= 0.3 is 39.5 Å². The number of phosphoric ester groups is 2. The van der Waals surface area contributed by atoms with Crippen molar-refractivity contribution in [2.75, 3.05) is 39.6 Å². The lowest BCUT2D eigenvalue weighted by molar-refractivity contribution is -0.161. The van der Waals surface area contributed by atoms with Crippen LogP contribution in [-0.2, 0) is 65.4 Å². The maximum absolute atomic E-state index is 13.0. The maximum Gasteiger partial charge on any atom is 0.472 e. The number of carbonyl (C=O) groups is 4. The van der Waals surface area contributed by atoms with Crippen molar-refractivity contribution >= 4 is 39.5 Å².